The number of allylic oxidation sites excluding steroid dienone is 4. The second-order valence-corrected chi connectivity index (χ2v) is 7.78. The van der Waals surface area contributed by atoms with Crippen LogP contribution in [0.25, 0.3) is 24.3 Å². The Labute approximate surface area is 241 Å². The molecular weight excluding hydrogens is 463 g/mol. The van der Waals surface area contributed by atoms with Crippen LogP contribution >= 0.6 is 0 Å². The van der Waals surface area contributed by atoms with Gasteiger partial charge in [0.1, 0.15) is 0 Å². The molecule has 0 atom stereocenters. The summed E-state index contributed by atoms with van der Waals surface area (Å²) in [7, 11) is 0. The van der Waals surface area contributed by atoms with Crippen LogP contribution in [-0.4, -0.2) is 41.1 Å². The molecule has 4 aromatic rings. The van der Waals surface area contributed by atoms with Crippen LogP contribution in [-0.2, 0) is 9.59 Å². The summed E-state index contributed by atoms with van der Waals surface area (Å²) in [6.07, 6.45) is 13.6. The van der Waals surface area contributed by atoms with Crippen molar-refractivity contribution in [2.75, 3.05) is 0 Å². The predicted molar refractivity (Wildman–Crippen MR) is 158 cm³/mol. The van der Waals surface area contributed by atoms with Gasteiger partial charge in [-0.05, 0) is 46.6 Å². The van der Waals surface area contributed by atoms with Gasteiger partial charge in [0.15, 0.2) is 11.6 Å². The molecule has 0 fully saturated rings. The molecule has 177 valence electrons. The van der Waals surface area contributed by atoms with Gasteiger partial charge in [0.2, 0.25) is 0 Å². The molecule has 0 saturated heterocycles. The summed E-state index contributed by atoms with van der Waals surface area (Å²) in [5.74, 6) is -0.0228. The number of benzene rings is 4. The molecule has 0 aromatic heterocycles. The Hall–Kier alpha value is -3.82. The van der Waals surface area contributed by atoms with Gasteiger partial charge in [0.05, 0.1) is 0 Å². The van der Waals surface area contributed by atoms with Gasteiger partial charge in [-0.15, -0.1) is 0 Å². The maximum absolute atomic E-state index is 11.6. The maximum Gasteiger partial charge on any atom is 0.178 e. The van der Waals surface area contributed by atoms with Crippen molar-refractivity contribution in [1.82, 2.24) is 0 Å². The first-order valence-corrected chi connectivity index (χ1v) is 11.7. The van der Waals surface area contributed by atoms with Crippen molar-refractivity contribution in [2.45, 2.75) is 0 Å². The zero-order valence-electron chi connectivity index (χ0n) is 21.0. The van der Waals surface area contributed by atoms with Gasteiger partial charge >= 0.3 is 0 Å². The molecule has 0 aliphatic rings. The van der Waals surface area contributed by atoms with Crippen molar-refractivity contribution in [1.29, 1.82) is 0 Å². The number of hydrogen-bond acceptors (Lipinski definition) is 2. The first kappa shape index (κ1) is 29.4. The zero-order valence-corrected chi connectivity index (χ0v) is 23.0. The molecule has 0 amide bonds. The summed E-state index contributed by atoms with van der Waals surface area (Å²) in [5, 5.41) is 0. The zero-order chi connectivity index (χ0) is 25.3. The number of carbonyl (C=O) groups is 2. The van der Waals surface area contributed by atoms with Crippen molar-refractivity contribution < 1.29 is 9.59 Å². The largest absolute Gasteiger partial charge is 0.290 e. The van der Waals surface area contributed by atoms with Crippen LogP contribution in [0.1, 0.15) is 22.3 Å². The number of hydrogen-bond donors (Lipinski definition) is 0. The van der Waals surface area contributed by atoms with Crippen molar-refractivity contribution in [2.24, 2.45) is 0 Å². The van der Waals surface area contributed by atoms with Gasteiger partial charge in [-0.2, -0.15) is 0 Å². The number of ketones is 2. The summed E-state index contributed by atoms with van der Waals surface area (Å²) in [6.45, 7) is 0. The minimum Gasteiger partial charge on any atom is -0.290 e. The number of carbonyl (C=O) groups excluding carboxylic acids is 2. The van der Waals surface area contributed by atoms with E-state index in [2.05, 4.69) is 0 Å². The molecule has 37 heavy (non-hydrogen) atoms. The van der Waals surface area contributed by atoms with E-state index in [4.69, 9.17) is 0 Å². The Morgan fingerprint density at radius 2 is 0.541 bits per heavy atom. The van der Waals surface area contributed by atoms with Gasteiger partial charge < -0.3 is 0 Å². The van der Waals surface area contributed by atoms with Crippen molar-refractivity contribution in [3.8, 4) is 0 Å². The van der Waals surface area contributed by atoms with E-state index in [9.17, 15) is 9.59 Å². The Morgan fingerprint density at radius 1 is 0.351 bits per heavy atom. The van der Waals surface area contributed by atoms with E-state index in [1.807, 2.05) is 146 Å². The SMILES string of the molecule is O=C(C=Cc1ccccc1)C=Cc1ccccc1.O=C(C=Cc1ccccc1)C=Cc1ccccc1.[Na]. The summed E-state index contributed by atoms with van der Waals surface area (Å²) in [5.41, 5.74) is 4.11. The van der Waals surface area contributed by atoms with Crippen LogP contribution in [0.2, 0.25) is 0 Å². The number of rotatable bonds is 8. The Bertz CT molecular complexity index is 1110. The van der Waals surface area contributed by atoms with Crippen LogP contribution in [0.15, 0.2) is 146 Å². The van der Waals surface area contributed by atoms with Crippen molar-refractivity contribution >= 4 is 65.4 Å². The van der Waals surface area contributed by atoms with Crippen LogP contribution in [0.5, 0.6) is 0 Å². The topological polar surface area (TPSA) is 34.1 Å². The third-order valence-electron chi connectivity index (χ3n) is 4.96. The van der Waals surface area contributed by atoms with Crippen LogP contribution in [0.4, 0.5) is 0 Å². The average molecular weight is 492 g/mol. The summed E-state index contributed by atoms with van der Waals surface area (Å²) in [6, 6.07) is 39.1. The molecular formula is C34H28NaO2. The van der Waals surface area contributed by atoms with E-state index < -0.39 is 0 Å². The van der Waals surface area contributed by atoms with E-state index in [0.29, 0.717) is 0 Å². The van der Waals surface area contributed by atoms with Crippen LogP contribution < -0.4 is 0 Å². The first-order valence-electron chi connectivity index (χ1n) is 11.7. The molecule has 1 radical (unpaired) electrons. The molecule has 0 aliphatic carbocycles. The van der Waals surface area contributed by atoms with Gasteiger partial charge in [0, 0.05) is 29.6 Å². The molecule has 4 rings (SSSR count). The van der Waals surface area contributed by atoms with E-state index in [1.165, 1.54) is 0 Å². The molecule has 0 heterocycles. The van der Waals surface area contributed by atoms with E-state index in [0.717, 1.165) is 22.3 Å². The predicted octanol–water partition coefficient (Wildman–Crippen LogP) is 7.58. The van der Waals surface area contributed by atoms with Crippen LogP contribution in [0.3, 0.4) is 0 Å². The summed E-state index contributed by atoms with van der Waals surface area (Å²) >= 11 is 0. The molecule has 0 saturated carbocycles. The average Bonchev–Trinajstić information content (AvgIpc) is 2.95. The Kier molecular flexibility index (Phi) is 14.0. The second kappa shape index (κ2) is 17.6. The third-order valence-corrected chi connectivity index (χ3v) is 4.96. The Morgan fingerprint density at radius 3 is 0.730 bits per heavy atom. The molecule has 0 N–H and O–H groups in total. The van der Waals surface area contributed by atoms with Crippen LogP contribution in [0, 0.1) is 0 Å². The normalized spacial score (nSPS) is 10.8. The molecule has 0 unspecified atom stereocenters. The minimum absolute atomic E-state index is 0. The van der Waals surface area contributed by atoms with E-state index >= 15 is 0 Å². The maximum atomic E-state index is 11.6. The second-order valence-electron chi connectivity index (χ2n) is 7.78. The van der Waals surface area contributed by atoms with E-state index in [-0.39, 0.29) is 41.1 Å². The van der Waals surface area contributed by atoms with Crippen molar-refractivity contribution in [3.05, 3.63) is 168 Å². The smallest absolute Gasteiger partial charge is 0.178 e. The molecule has 0 bridgehead atoms. The fourth-order valence-corrected chi connectivity index (χ4v) is 3.08. The molecule has 0 spiro atoms. The molecule has 0 aliphatic heterocycles. The first-order chi connectivity index (χ1) is 17.7. The fourth-order valence-electron chi connectivity index (χ4n) is 3.08. The molecule has 4 aromatic carbocycles. The fraction of sp³-hybridized carbons (Fsp3) is 0. The van der Waals surface area contributed by atoms with Gasteiger partial charge in [-0.25, -0.2) is 0 Å². The summed E-state index contributed by atoms with van der Waals surface area (Å²) < 4.78 is 0. The Balaban J connectivity index is 0.000000253. The molecule has 3 heteroatoms. The van der Waals surface area contributed by atoms with E-state index in [1.54, 1.807) is 24.3 Å². The quantitative estimate of drug-likeness (QED) is 0.188. The monoisotopic (exact) mass is 491 g/mol. The van der Waals surface area contributed by atoms with Crippen molar-refractivity contribution in [3.63, 3.8) is 0 Å². The van der Waals surface area contributed by atoms with Gasteiger partial charge in [-0.1, -0.05) is 146 Å². The third kappa shape index (κ3) is 12.6. The molecule has 2 nitrogen and oxygen atoms in total. The van der Waals surface area contributed by atoms with Gasteiger partial charge in [0.25, 0.3) is 0 Å². The van der Waals surface area contributed by atoms with Gasteiger partial charge in [-0.3, -0.25) is 9.59 Å². The summed E-state index contributed by atoms with van der Waals surface area (Å²) in [4.78, 5) is 23.2. The minimum atomic E-state index is -0.0114. The standard InChI is InChI=1S/2C17H14O.Na/c2*18-17(13-11-15-7-3-1-4-8-15)14-12-16-9-5-2-6-10-16;/h2*1-14H;.